The van der Waals surface area contributed by atoms with Crippen molar-refractivity contribution in [1.82, 2.24) is 14.6 Å². The number of nitrogens with zero attached hydrogens (tertiary/aromatic N) is 3. The van der Waals surface area contributed by atoms with Crippen LogP contribution in [0.15, 0.2) is 24.5 Å². The lowest BCUT2D eigenvalue weighted by Gasteiger charge is -2.02. The van der Waals surface area contributed by atoms with Gasteiger partial charge in [0.15, 0.2) is 5.65 Å². The summed E-state index contributed by atoms with van der Waals surface area (Å²) >= 11 is 0. The van der Waals surface area contributed by atoms with Crippen molar-refractivity contribution in [1.29, 1.82) is 0 Å². The first-order valence-electron chi connectivity index (χ1n) is 5.19. The van der Waals surface area contributed by atoms with Crippen LogP contribution in [0.2, 0.25) is 0 Å². The molecule has 0 aliphatic carbocycles. The Morgan fingerprint density at radius 3 is 3.00 bits per heavy atom. The van der Waals surface area contributed by atoms with E-state index in [9.17, 15) is 0 Å². The normalized spacial score (nSPS) is 10.9. The highest BCUT2D eigenvalue weighted by molar-refractivity contribution is 5.36. The van der Waals surface area contributed by atoms with Gasteiger partial charge >= 0.3 is 0 Å². The molecule has 0 bridgehead atoms. The smallest absolute Gasteiger partial charge is 0.155 e. The lowest BCUT2D eigenvalue weighted by atomic mass is 10.1. The summed E-state index contributed by atoms with van der Waals surface area (Å²) in [5, 5.41) is 4.25. The number of fused-ring (bicyclic) bond motifs is 1. The van der Waals surface area contributed by atoms with Gasteiger partial charge in [0.05, 0.1) is 6.20 Å². The van der Waals surface area contributed by atoms with Gasteiger partial charge in [-0.2, -0.15) is 5.10 Å². The second-order valence-corrected chi connectivity index (χ2v) is 3.49. The molecule has 0 saturated heterocycles. The minimum atomic E-state index is 0.944. The fourth-order valence-corrected chi connectivity index (χ4v) is 1.63. The van der Waals surface area contributed by atoms with Gasteiger partial charge < -0.3 is 0 Å². The fourth-order valence-electron chi connectivity index (χ4n) is 1.63. The Labute approximate surface area is 83.8 Å². The first-order chi connectivity index (χ1) is 6.92. The predicted octanol–water partition coefficient (Wildman–Crippen LogP) is 2.46. The Hall–Kier alpha value is -1.38. The monoisotopic (exact) mass is 189 g/mol. The molecular formula is C11H15N3. The Morgan fingerprint density at radius 2 is 2.14 bits per heavy atom. The van der Waals surface area contributed by atoms with Gasteiger partial charge in [-0.3, -0.25) is 0 Å². The van der Waals surface area contributed by atoms with Gasteiger partial charge in [0, 0.05) is 18.0 Å². The molecule has 0 unspecified atom stereocenters. The Bertz CT molecular complexity index is 406. The SMILES string of the molecule is CCCCCc1ccnc2ccnn12. The molecule has 0 spiro atoms. The summed E-state index contributed by atoms with van der Waals surface area (Å²) in [5.41, 5.74) is 2.20. The van der Waals surface area contributed by atoms with E-state index in [2.05, 4.69) is 23.1 Å². The molecule has 0 saturated carbocycles. The molecule has 0 aromatic carbocycles. The Kier molecular flexibility index (Phi) is 2.77. The number of hydrogen-bond acceptors (Lipinski definition) is 2. The third-order valence-corrected chi connectivity index (χ3v) is 2.41. The topological polar surface area (TPSA) is 30.2 Å². The van der Waals surface area contributed by atoms with Crippen molar-refractivity contribution in [3.63, 3.8) is 0 Å². The lowest BCUT2D eigenvalue weighted by Crippen LogP contribution is -1.99. The molecule has 2 rings (SSSR count). The van der Waals surface area contributed by atoms with Crippen molar-refractivity contribution in [2.45, 2.75) is 32.6 Å². The van der Waals surface area contributed by atoms with Crippen molar-refractivity contribution in [3.05, 3.63) is 30.2 Å². The minimum absolute atomic E-state index is 0.944. The van der Waals surface area contributed by atoms with E-state index in [0.717, 1.165) is 12.1 Å². The molecule has 0 radical (unpaired) electrons. The minimum Gasteiger partial charge on any atom is -0.237 e. The van der Waals surface area contributed by atoms with Crippen molar-refractivity contribution in [2.24, 2.45) is 0 Å². The zero-order valence-electron chi connectivity index (χ0n) is 8.48. The van der Waals surface area contributed by atoms with Gasteiger partial charge in [-0.1, -0.05) is 19.8 Å². The summed E-state index contributed by atoms with van der Waals surface area (Å²) in [4.78, 5) is 4.23. The van der Waals surface area contributed by atoms with Crippen molar-refractivity contribution in [3.8, 4) is 0 Å². The molecule has 0 N–H and O–H groups in total. The van der Waals surface area contributed by atoms with E-state index in [4.69, 9.17) is 0 Å². The number of aryl methyl sites for hydroxylation is 1. The van der Waals surface area contributed by atoms with Gasteiger partial charge in [0.2, 0.25) is 0 Å². The summed E-state index contributed by atoms with van der Waals surface area (Å²) in [7, 11) is 0. The van der Waals surface area contributed by atoms with Gasteiger partial charge in [0.1, 0.15) is 0 Å². The molecule has 3 heteroatoms. The van der Waals surface area contributed by atoms with E-state index in [-0.39, 0.29) is 0 Å². The van der Waals surface area contributed by atoms with Crippen molar-refractivity contribution in [2.75, 3.05) is 0 Å². The van der Waals surface area contributed by atoms with Crippen LogP contribution in [0.4, 0.5) is 0 Å². The Morgan fingerprint density at radius 1 is 1.21 bits per heavy atom. The van der Waals surface area contributed by atoms with Crippen LogP contribution in [0.3, 0.4) is 0 Å². The molecule has 2 heterocycles. The van der Waals surface area contributed by atoms with E-state index in [1.807, 2.05) is 16.8 Å². The quantitative estimate of drug-likeness (QED) is 0.691. The number of rotatable bonds is 4. The number of hydrogen-bond donors (Lipinski definition) is 0. The highest BCUT2D eigenvalue weighted by atomic mass is 15.2. The molecule has 0 aliphatic heterocycles. The molecule has 3 nitrogen and oxygen atoms in total. The highest BCUT2D eigenvalue weighted by Gasteiger charge is 2.00. The highest BCUT2D eigenvalue weighted by Crippen LogP contribution is 2.07. The maximum absolute atomic E-state index is 4.25. The summed E-state index contributed by atoms with van der Waals surface area (Å²) in [5.74, 6) is 0. The van der Waals surface area contributed by atoms with Crippen LogP contribution in [0, 0.1) is 0 Å². The summed E-state index contributed by atoms with van der Waals surface area (Å²) in [6.45, 7) is 2.22. The molecule has 0 atom stereocenters. The largest absolute Gasteiger partial charge is 0.237 e. The molecule has 0 amide bonds. The summed E-state index contributed by atoms with van der Waals surface area (Å²) in [6.07, 6.45) is 8.52. The van der Waals surface area contributed by atoms with Crippen LogP contribution < -0.4 is 0 Å². The maximum atomic E-state index is 4.25. The number of unbranched alkanes of at least 4 members (excludes halogenated alkanes) is 2. The zero-order chi connectivity index (χ0) is 9.80. The van der Waals surface area contributed by atoms with Crippen LogP contribution in [0.25, 0.3) is 5.65 Å². The van der Waals surface area contributed by atoms with Crippen LogP contribution in [0.5, 0.6) is 0 Å². The molecule has 74 valence electrons. The average molecular weight is 189 g/mol. The van der Waals surface area contributed by atoms with Gasteiger partial charge in [-0.25, -0.2) is 9.50 Å². The van der Waals surface area contributed by atoms with Crippen LogP contribution >= 0.6 is 0 Å². The average Bonchev–Trinajstić information content (AvgIpc) is 2.67. The standard InChI is InChI=1S/C11H15N3/c1-2-3-4-5-10-6-8-12-11-7-9-13-14(10)11/h6-9H,2-5H2,1H3. The van der Waals surface area contributed by atoms with Crippen LogP contribution in [0.1, 0.15) is 31.9 Å². The molecule has 0 fully saturated rings. The van der Waals surface area contributed by atoms with E-state index in [0.29, 0.717) is 0 Å². The molecule has 14 heavy (non-hydrogen) atoms. The molecule has 2 aromatic heterocycles. The Balaban J connectivity index is 2.19. The molecule has 2 aromatic rings. The van der Waals surface area contributed by atoms with Crippen molar-refractivity contribution < 1.29 is 0 Å². The first-order valence-corrected chi connectivity index (χ1v) is 5.19. The lowest BCUT2D eigenvalue weighted by molar-refractivity contribution is 0.689. The third-order valence-electron chi connectivity index (χ3n) is 2.41. The van der Waals surface area contributed by atoms with E-state index >= 15 is 0 Å². The molecule has 0 aliphatic rings. The van der Waals surface area contributed by atoms with Crippen LogP contribution in [-0.4, -0.2) is 14.6 Å². The van der Waals surface area contributed by atoms with E-state index in [1.165, 1.54) is 25.0 Å². The third kappa shape index (κ3) is 1.76. The summed E-state index contributed by atoms with van der Waals surface area (Å²) < 4.78 is 1.93. The van der Waals surface area contributed by atoms with Crippen molar-refractivity contribution >= 4 is 5.65 Å². The van der Waals surface area contributed by atoms with Crippen LogP contribution in [-0.2, 0) is 6.42 Å². The zero-order valence-corrected chi connectivity index (χ0v) is 8.48. The van der Waals surface area contributed by atoms with Gasteiger partial charge in [-0.05, 0) is 18.9 Å². The van der Waals surface area contributed by atoms with E-state index < -0.39 is 0 Å². The fraction of sp³-hybridized carbons (Fsp3) is 0.455. The van der Waals surface area contributed by atoms with Gasteiger partial charge in [-0.15, -0.1) is 0 Å². The summed E-state index contributed by atoms with van der Waals surface area (Å²) in [6, 6.07) is 3.99. The van der Waals surface area contributed by atoms with Gasteiger partial charge in [0.25, 0.3) is 0 Å². The maximum Gasteiger partial charge on any atom is 0.155 e. The molecular weight excluding hydrogens is 174 g/mol. The predicted molar refractivity (Wildman–Crippen MR) is 56.2 cm³/mol. The number of aromatic nitrogens is 3. The van der Waals surface area contributed by atoms with E-state index in [1.54, 1.807) is 6.20 Å². The second-order valence-electron chi connectivity index (χ2n) is 3.49. The first kappa shape index (κ1) is 9.19. The second kappa shape index (κ2) is 4.22.